The molecule has 3 aromatic rings. The van der Waals surface area contributed by atoms with E-state index in [0.717, 1.165) is 32.1 Å². The van der Waals surface area contributed by atoms with Crippen molar-refractivity contribution in [2.75, 3.05) is 11.9 Å². The zero-order chi connectivity index (χ0) is 17.1. The number of nitrogens with one attached hydrogen (secondary N) is 1. The highest BCUT2D eigenvalue weighted by Gasteiger charge is 2.05. The molecule has 0 radical (unpaired) electrons. The van der Waals surface area contributed by atoms with Gasteiger partial charge in [0.1, 0.15) is 5.75 Å². The van der Waals surface area contributed by atoms with E-state index in [1.807, 2.05) is 62.4 Å². The van der Waals surface area contributed by atoms with Crippen molar-refractivity contribution < 1.29 is 9.53 Å². The second-order valence-electron chi connectivity index (χ2n) is 5.87. The third kappa shape index (κ3) is 4.15. The third-order valence-electron chi connectivity index (χ3n) is 3.65. The number of halogens is 1. The van der Waals surface area contributed by atoms with E-state index in [1.165, 1.54) is 0 Å². The highest BCUT2D eigenvalue weighted by Crippen LogP contribution is 2.24. The molecule has 0 aliphatic heterocycles. The normalized spacial score (nSPS) is 10.6. The number of benzene rings is 3. The van der Waals surface area contributed by atoms with E-state index in [9.17, 15) is 4.79 Å². The number of hydrogen-bond donors (Lipinski definition) is 1. The maximum Gasteiger partial charge on any atom is 0.262 e. The Morgan fingerprint density at radius 2 is 1.62 bits per heavy atom. The molecule has 0 fully saturated rings. The first-order valence-corrected chi connectivity index (χ1v) is 8.49. The summed E-state index contributed by atoms with van der Waals surface area (Å²) in [5, 5.41) is 5.06. The lowest BCUT2D eigenvalue weighted by Gasteiger charge is -2.10. The fourth-order valence-electron chi connectivity index (χ4n) is 2.68. The summed E-state index contributed by atoms with van der Waals surface area (Å²) < 4.78 is 6.65. The van der Waals surface area contributed by atoms with E-state index >= 15 is 0 Å². The molecule has 0 bridgehead atoms. The van der Waals surface area contributed by atoms with Gasteiger partial charge in [-0.25, -0.2) is 0 Å². The monoisotopic (exact) mass is 383 g/mol. The minimum atomic E-state index is -0.170. The summed E-state index contributed by atoms with van der Waals surface area (Å²) in [6.07, 6.45) is 0. The highest BCUT2D eigenvalue weighted by atomic mass is 79.9. The van der Waals surface area contributed by atoms with Crippen LogP contribution in [0.15, 0.2) is 59.1 Å². The average molecular weight is 384 g/mol. The Morgan fingerprint density at radius 3 is 2.38 bits per heavy atom. The molecule has 0 spiro atoms. The lowest BCUT2D eigenvalue weighted by Crippen LogP contribution is -2.20. The van der Waals surface area contributed by atoms with Crippen LogP contribution in [0.5, 0.6) is 5.75 Å². The van der Waals surface area contributed by atoms with Crippen LogP contribution in [0.3, 0.4) is 0 Å². The van der Waals surface area contributed by atoms with Crippen LogP contribution in [0.2, 0.25) is 0 Å². The van der Waals surface area contributed by atoms with E-state index < -0.39 is 0 Å². The van der Waals surface area contributed by atoms with Crippen molar-refractivity contribution in [2.24, 2.45) is 0 Å². The molecule has 24 heavy (non-hydrogen) atoms. The van der Waals surface area contributed by atoms with Crippen LogP contribution >= 0.6 is 15.9 Å². The molecule has 0 heterocycles. The Kier molecular flexibility index (Phi) is 4.86. The molecule has 0 saturated carbocycles. The fourth-order valence-corrected chi connectivity index (χ4v) is 3.06. The van der Waals surface area contributed by atoms with E-state index in [0.29, 0.717) is 5.75 Å². The molecule has 3 rings (SSSR count). The molecular weight excluding hydrogens is 366 g/mol. The summed E-state index contributed by atoms with van der Waals surface area (Å²) in [6.45, 7) is 3.99. The molecular formula is C20H18BrNO2. The van der Waals surface area contributed by atoms with Gasteiger partial charge < -0.3 is 10.1 Å². The van der Waals surface area contributed by atoms with Gasteiger partial charge in [-0.05, 0) is 72.1 Å². The van der Waals surface area contributed by atoms with Crippen molar-refractivity contribution >= 4 is 38.3 Å². The average Bonchev–Trinajstić information content (AvgIpc) is 2.52. The van der Waals surface area contributed by atoms with Crippen LogP contribution in [0.1, 0.15) is 11.1 Å². The van der Waals surface area contributed by atoms with Crippen LogP contribution in [0, 0.1) is 13.8 Å². The van der Waals surface area contributed by atoms with Crippen molar-refractivity contribution in [3.05, 3.63) is 70.2 Å². The van der Waals surface area contributed by atoms with Crippen LogP contribution < -0.4 is 10.1 Å². The van der Waals surface area contributed by atoms with Crippen LogP contribution in [0.4, 0.5) is 5.69 Å². The molecule has 0 aromatic heterocycles. The van der Waals surface area contributed by atoms with Gasteiger partial charge in [0.2, 0.25) is 0 Å². The number of amides is 1. The number of carbonyl (C=O) groups is 1. The number of anilines is 1. The number of fused-ring (bicyclic) bond motifs is 1. The van der Waals surface area contributed by atoms with Gasteiger partial charge in [-0.1, -0.05) is 34.1 Å². The van der Waals surface area contributed by atoms with Crippen LogP contribution in [-0.4, -0.2) is 12.5 Å². The Morgan fingerprint density at radius 1 is 0.958 bits per heavy atom. The van der Waals surface area contributed by atoms with Gasteiger partial charge in [0, 0.05) is 10.2 Å². The summed E-state index contributed by atoms with van der Waals surface area (Å²) >= 11 is 3.46. The Hall–Kier alpha value is -2.33. The number of rotatable bonds is 4. The maximum atomic E-state index is 12.1. The smallest absolute Gasteiger partial charge is 0.262 e. The third-order valence-corrected chi connectivity index (χ3v) is 4.14. The molecule has 122 valence electrons. The fraction of sp³-hybridized carbons (Fsp3) is 0.150. The van der Waals surface area contributed by atoms with Crippen molar-refractivity contribution in [1.29, 1.82) is 0 Å². The first kappa shape index (κ1) is 16.5. The molecule has 1 amide bonds. The van der Waals surface area contributed by atoms with Gasteiger partial charge in [-0.15, -0.1) is 0 Å². The molecule has 0 unspecified atom stereocenters. The van der Waals surface area contributed by atoms with Crippen molar-refractivity contribution in [3.63, 3.8) is 0 Å². The quantitative estimate of drug-likeness (QED) is 0.668. The minimum absolute atomic E-state index is 0.0188. The first-order valence-electron chi connectivity index (χ1n) is 7.70. The Balaban J connectivity index is 1.64. The molecule has 3 nitrogen and oxygen atoms in total. The number of aryl methyl sites for hydroxylation is 2. The van der Waals surface area contributed by atoms with Crippen molar-refractivity contribution in [1.82, 2.24) is 0 Å². The zero-order valence-electron chi connectivity index (χ0n) is 13.6. The highest BCUT2D eigenvalue weighted by molar-refractivity contribution is 9.10. The van der Waals surface area contributed by atoms with Crippen LogP contribution in [0.25, 0.3) is 10.8 Å². The second-order valence-corrected chi connectivity index (χ2v) is 6.78. The van der Waals surface area contributed by atoms with Crippen LogP contribution in [-0.2, 0) is 4.79 Å². The van der Waals surface area contributed by atoms with E-state index in [2.05, 4.69) is 27.3 Å². The molecule has 4 heteroatoms. The largest absolute Gasteiger partial charge is 0.484 e. The van der Waals surface area contributed by atoms with Crippen molar-refractivity contribution in [3.8, 4) is 5.75 Å². The summed E-state index contributed by atoms with van der Waals surface area (Å²) in [6, 6.07) is 17.8. The molecule has 0 aliphatic rings. The maximum absolute atomic E-state index is 12.1. The Bertz CT molecular complexity index is 885. The van der Waals surface area contributed by atoms with Gasteiger partial charge in [0.05, 0.1) is 0 Å². The van der Waals surface area contributed by atoms with Gasteiger partial charge in [-0.3, -0.25) is 4.79 Å². The van der Waals surface area contributed by atoms with Gasteiger partial charge in [-0.2, -0.15) is 0 Å². The summed E-state index contributed by atoms with van der Waals surface area (Å²) in [5.41, 5.74) is 3.03. The lowest BCUT2D eigenvalue weighted by atomic mass is 10.1. The minimum Gasteiger partial charge on any atom is -0.484 e. The SMILES string of the molecule is Cc1cc(C)cc(NC(=O)COc2ccc3cc(Br)ccc3c2)c1. The number of carbonyl (C=O) groups excluding carboxylic acids is 1. The summed E-state index contributed by atoms with van der Waals surface area (Å²) in [4.78, 5) is 12.1. The predicted octanol–water partition coefficient (Wildman–Crippen LogP) is 5.24. The zero-order valence-corrected chi connectivity index (χ0v) is 15.2. The molecule has 3 aromatic carbocycles. The summed E-state index contributed by atoms with van der Waals surface area (Å²) in [7, 11) is 0. The molecule has 0 atom stereocenters. The van der Waals surface area contributed by atoms with E-state index in [-0.39, 0.29) is 12.5 Å². The number of ether oxygens (including phenoxy) is 1. The lowest BCUT2D eigenvalue weighted by molar-refractivity contribution is -0.118. The van der Waals surface area contributed by atoms with E-state index in [1.54, 1.807) is 0 Å². The number of hydrogen-bond acceptors (Lipinski definition) is 2. The standard InChI is InChI=1S/C20H18BrNO2/c1-13-7-14(2)9-18(8-13)22-20(23)12-24-19-6-4-15-10-17(21)5-3-16(15)11-19/h3-11H,12H2,1-2H3,(H,22,23). The van der Waals surface area contributed by atoms with E-state index in [4.69, 9.17) is 4.74 Å². The van der Waals surface area contributed by atoms with Gasteiger partial charge >= 0.3 is 0 Å². The molecule has 0 saturated heterocycles. The predicted molar refractivity (Wildman–Crippen MR) is 102 cm³/mol. The van der Waals surface area contributed by atoms with Gasteiger partial charge in [0.25, 0.3) is 5.91 Å². The van der Waals surface area contributed by atoms with Gasteiger partial charge in [0.15, 0.2) is 6.61 Å². The molecule has 0 aliphatic carbocycles. The Labute approximate surface area is 149 Å². The summed E-state index contributed by atoms with van der Waals surface area (Å²) in [5.74, 6) is 0.510. The second kappa shape index (κ2) is 7.05. The van der Waals surface area contributed by atoms with Crippen molar-refractivity contribution in [2.45, 2.75) is 13.8 Å². The molecule has 1 N–H and O–H groups in total. The topological polar surface area (TPSA) is 38.3 Å². The first-order chi connectivity index (χ1) is 11.5.